The van der Waals surface area contributed by atoms with Gasteiger partial charge in [-0.15, -0.1) is 0 Å². The zero-order valence-electron chi connectivity index (χ0n) is 13.0. The number of hydrogen-bond acceptors (Lipinski definition) is 3. The molecule has 0 bridgehead atoms. The Morgan fingerprint density at radius 1 is 1.08 bits per heavy atom. The fraction of sp³-hybridized carbons (Fsp3) is 0.158. The third-order valence-corrected chi connectivity index (χ3v) is 3.71. The maximum absolute atomic E-state index is 12.8. The molecule has 24 heavy (non-hydrogen) atoms. The lowest BCUT2D eigenvalue weighted by Crippen LogP contribution is -2.23. The summed E-state index contributed by atoms with van der Waals surface area (Å²) in [5, 5.41) is 6.85. The van der Waals surface area contributed by atoms with E-state index in [1.54, 1.807) is 18.4 Å². The Bertz CT molecular complexity index is 798. The van der Waals surface area contributed by atoms with Crippen LogP contribution < -0.4 is 5.32 Å². The minimum atomic E-state index is -0.286. The first-order valence-corrected chi connectivity index (χ1v) is 7.72. The van der Waals surface area contributed by atoms with E-state index >= 15 is 0 Å². The SMILES string of the molecule is O=C(CCc1conc1-c1ccccc1)NCc1ccc(F)cc1. The Balaban J connectivity index is 1.54. The van der Waals surface area contributed by atoms with Gasteiger partial charge in [-0.1, -0.05) is 47.6 Å². The Labute approximate surface area is 139 Å². The largest absolute Gasteiger partial charge is 0.364 e. The molecule has 1 aromatic heterocycles. The van der Waals surface area contributed by atoms with Crippen molar-refractivity contribution in [2.45, 2.75) is 19.4 Å². The highest BCUT2D eigenvalue weighted by Gasteiger charge is 2.11. The number of benzene rings is 2. The van der Waals surface area contributed by atoms with E-state index in [0.717, 1.165) is 22.4 Å². The van der Waals surface area contributed by atoms with E-state index in [1.165, 1.54) is 12.1 Å². The van der Waals surface area contributed by atoms with Gasteiger partial charge in [-0.05, 0) is 24.1 Å². The predicted molar refractivity (Wildman–Crippen MR) is 88.5 cm³/mol. The zero-order chi connectivity index (χ0) is 16.8. The van der Waals surface area contributed by atoms with Gasteiger partial charge in [-0.2, -0.15) is 0 Å². The molecule has 0 aliphatic heterocycles. The van der Waals surface area contributed by atoms with Crippen molar-refractivity contribution in [2.24, 2.45) is 0 Å². The van der Waals surface area contributed by atoms with Gasteiger partial charge in [0.1, 0.15) is 17.8 Å². The smallest absolute Gasteiger partial charge is 0.220 e. The van der Waals surface area contributed by atoms with E-state index in [0.29, 0.717) is 19.4 Å². The molecule has 122 valence electrons. The molecule has 5 heteroatoms. The molecule has 0 saturated carbocycles. The number of nitrogens with one attached hydrogen (secondary N) is 1. The second-order valence-electron chi connectivity index (χ2n) is 5.46. The molecule has 4 nitrogen and oxygen atoms in total. The van der Waals surface area contributed by atoms with Crippen LogP contribution in [-0.4, -0.2) is 11.1 Å². The maximum atomic E-state index is 12.8. The topological polar surface area (TPSA) is 55.1 Å². The summed E-state index contributed by atoms with van der Waals surface area (Å²) in [4.78, 5) is 12.0. The van der Waals surface area contributed by atoms with E-state index < -0.39 is 0 Å². The number of hydrogen-bond donors (Lipinski definition) is 1. The molecule has 0 aliphatic carbocycles. The third-order valence-electron chi connectivity index (χ3n) is 3.71. The molecular weight excluding hydrogens is 307 g/mol. The van der Waals surface area contributed by atoms with Gasteiger partial charge in [0.2, 0.25) is 5.91 Å². The van der Waals surface area contributed by atoms with Gasteiger partial charge in [0.05, 0.1) is 0 Å². The maximum Gasteiger partial charge on any atom is 0.220 e. The van der Waals surface area contributed by atoms with E-state index in [4.69, 9.17) is 4.52 Å². The van der Waals surface area contributed by atoms with Crippen LogP contribution in [0.2, 0.25) is 0 Å². The summed E-state index contributed by atoms with van der Waals surface area (Å²) in [5.41, 5.74) is 3.49. The molecule has 1 N–H and O–H groups in total. The fourth-order valence-corrected chi connectivity index (χ4v) is 2.41. The normalized spacial score (nSPS) is 10.5. The van der Waals surface area contributed by atoms with Crippen LogP contribution in [0, 0.1) is 5.82 Å². The van der Waals surface area contributed by atoms with Gasteiger partial charge in [0, 0.05) is 24.1 Å². The van der Waals surface area contributed by atoms with E-state index in [-0.39, 0.29) is 11.7 Å². The first-order chi connectivity index (χ1) is 11.7. The van der Waals surface area contributed by atoms with Crippen LogP contribution in [-0.2, 0) is 17.8 Å². The summed E-state index contributed by atoms with van der Waals surface area (Å²) in [6.45, 7) is 0.383. The molecule has 0 unspecified atom stereocenters. The Morgan fingerprint density at radius 3 is 2.58 bits per heavy atom. The molecule has 0 radical (unpaired) electrons. The lowest BCUT2D eigenvalue weighted by atomic mass is 10.0. The molecule has 3 aromatic rings. The van der Waals surface area contributed by atoms with Crippen molar-refractivity contribution < 1.29 is 13.7 Å². The van der Waals surface area contributed by atoms with Gasteiger partial charge in [-0.25, -0.2) is 4.39 Å². The molecule has 0 atom stereocenters. The minimum absolute atomic E-state index is 0.0699. The van der Waals surface area contributed by atoms with Crippen molar-refractivity contribution in [2.75, 3.05) is 0 Å². The fourth-order valence-electron chi connectivity index (χ4n) is 2.41. The summed E-state index contributed by atoms with van der Waals surface area (Å²) in [5.74, 6) is -0.356. The lowest BCUT2D eigenvalue weighted by molar-refractivity contribution is -0.121. The number of rotatable bonds is 6. The van der Waals surface area contributed by atoms with Crippen molar-refractivity contribution in [3.8, 4) is 11.3 Å². The van der Waals surface area contributed by atoms with Gasteiger partial charge in [-0.3, -0.25) is 4.79 Å². The number of halogens is 1. The summed E-state index contributed by atoms with van der Waals surface area (Å²) >= 11 is 0. The first-order valence-electron chi connectivity index (χ1n) is 7.72. The molecular formula is C19H17FN2O2. The van der Waals surface area contributed by atoms with Gasteiger partial charge in [0.15, 0.2) is 0 Å². The van der Waals surface area contributed by atoms with Crippen molar-refractivity contribution in [3.05, 3.63) is 77.8 Å². The third kappa shape index (κ3) is 4.07. The van der Waals surface area contributed by atoms with Crippen molar-refractivity contribution in [1.82, 2.24) is 10.5 Å². The number of amides is 1. The quantitative estimate of drug-likeness (QED) is 0.751. The molecule has 0 fully saturated rings. The van der Waals surface area contributed by atoms with Crippen LogP contribution in [0.1, 0.15) is 17.5 Å². The standard InChI is InChI=1S/C19H17FN2O2/c20-17-9-6-14(7-10-17)12-21-18(23)11-8-16-13-24-22-19(16)15-4-2-1-3-5-15/h1-7,9-10,13H,8,11-12H2,(H,21,23). The number of aromatic nitrogens is 1. The Morgan fingerprint density at radius 2 is 1.83 bits per heavy atom. The lowest BCUT2D eigenvalue weighted by Gasteiger charge is -2.05. The number of aryl methyl sites for hydroxylation is 1. The van der Waals surface area contributed by atoms with E-state index in [1.807, 2.05) is 30.3 Å². The number of nitrogens with zero attached hydrogens (tertiary/aromatic N) is 1. The summed E-state index contributed by atoms with van der Waals surface area (Å²) in [7, 11) is 0. The van der Waals surface area contributed by atoms with Gasteiger partial charge in [0.25, 0.3) is 0 Å². The van der Waals surface area contributed by atoms with Crippen molar-refractivity contribution in [3.63, 3.8) is 0 Å². The molecule has 1 amide bonds. The average Bonchev–Trinajstić information content (AvgIpc) is 3.09. The Hall–Kier alpha value is -2.95. The van der Waals surface area contributed by atoms with Crippen molar-refractivity contribution >= 4 is 5.91 Å². The molecule has 0 saturated heterocycles. The predicted octanol–water partition coefficient (Wildman–Crippen LogP) is 3.73. The minimum Gasteiger partial charge on any atom is -0.364 e. The van der Waals surface area contributed by atoms with Crippen LogP contribution in [0.15, 0.2) is 65.4 Å². The highest BCUT2D eigenvalue weighted by molar-refractivity contribution is 5.76. The highest BCUT2D eigenvalue weighted by Crippen LogP contribution is 2.22. The van der Waals surface area contributed by atoms with Crippen molar-refractivity contribution in [1.29, 1.82) is 0 Å². The first kappa shape index (κ1) is 15.9. The average molecular weight is 324 g/mol. The monoisotopic (exact) mass is 324 g/mol. The summed E-state index contributed by atoms with van der Waals surface area (Å²) in [6.07, 6.45) is 2.46. The van der Waals surface area contributed by atoms with Crippen LogP contribution in [0.3, 0.4) is 0 Å². The molecule has 0 aliphatic rings. The molecule has 1 heterocycles. The highest BCUT2D eigenvalue weighted by atomic mass is 19.1. The van der Waals surface area contributed by atoms with E-state index in [9.17, 15) is 9.18 Å². The van der Waals surface area contributed by atoms with Crippen LogP contribution in [0.25, 0.3) is 11.3 Å². The van der Waals surface area contributed by atoms with Crippen LogP contribution in [0.5, 0.6) is 0 Å². The van der Waals surface area contributed by atoms with Crippen LogP contribution in [0.4, 0.5) is 4.39 Å². The zero-order valence-corrected chi connectivity index (χ0v) is 13.0. The second-order valence-corrected chi connectivity index (χ2v) is 5.46. The second kappa shape index (κ2) is 7.55. The Kier molecular flexibility index (Phi) is 5.01. The number of carbonyl (C=O) groups is 1. The summed E-state index contributed by atoms with van der Waals surface area (Å²) < 4.78 is 17.9. The van der Waals surface area contributed by atoms with E-state index in [2.05, 4.69) is 10.5 Å². The number of carbonyl (C=O) groups excluding carboxylic acids is 1. The van der Waals surface area contributed by atoms with Crippen LogP contribution >= 0.6 is 0 Å². The molecule has 2 aromatic carbocycles. The van der Waals surface area contributed by atoms with Gasteiger partial charge < -0.3 is 9.84 Å². The van der Waals surface area contributed by atoms with Gasteiger partial charge >= 0.3 is 0 Å². The molecule has 3 rings (SSSR count). The molecule has 0 spiro atoms. The summed E-state index contributed by atoms with van der Waals surface area (Å²) in [6, 6.07) is 15.8.